The molecular formula is C22H26N2O6S. The lowest BCUT2D eigenvalue weighted by atomic mass is 10.2. The molecule has 0 aromatic heterocycles. The number of benzene rings is 2. The average Bonchev–Trinajstić information content (AvgIpc) is 3.25. The van der Waals surface area contributed by atoms with Gasteiger partial charge in [-0.2, -0.15) is 0 Å². The lowest BCUT2D eigenvalue weighted by Crippen LogP contribution is -2.32. The van der Waals surface area contributed by atoms with E-state index in [4.69, 9.17) is 9.47 Å². The fourth-order valence-electron chi connectivity index (χ4n) is 3.30. The Kier molecular flexibility index (Phi) is 7.64. The van der Waals surface area contributed by atoms with Crippen LogP contribution in [0.4, 0.5) is 5.69 Å². The zero-order chi connectivity index (χ0) is 22.3. The molecule has 0 atom stereocenters. The van der Waals surface area contributed by atoms with Crippen LogP contribution in [-0.2, 0) is 19.6 Å². The van der Waals surface area contributed by atoms with Gasteiger partial charge in [-0.15, -0.1) is 0 Å². The standard InChI is InChI=1S/C22H26N2O6S/c1-2-29-22(26)16-7-9-17(10-8-16)23-21(25)15-30-19-11-13-20(14-12-19)31(27,28)24-18-5-3-4-6-18/h7-14,18,24H,2-6,15H2,1H3,(H,23,25). The van der Waals surface area contributed by atoms with Gasteiger partial charge in [0.15, 0.2) is 6.61 Å². The Bertz CT molecular complexity index is 997. The van der Waals surface area contributed by atoms with Gasteiger partial charge in [-0.05, 0) is 68.3 Å². The number of rotatable bonds is 9. The first-order valence-corrected chi connectivity index (χ1v) is 11.7. The van der Waals surface area contributed by atoms with Crippen molar-refractivity contribution in [3.8, 4) is 5.75 Å². The molecule has 3 rings (SSSR count). The van der Waals surface area contributed by atoms with Crippen molar-refractivity contribution in [2.45, 2.75) is 43.5 Å². The van der Waals surface area contributed by atoms with E-state index in [9.17, 15) is 18.0 Å². The van der Waals surface area contributed by atoms with Gasteiger partial charge < -0.3 is 14.8 Å². The van der Waals surface area contributed by atoms with Crippen LogP contribution >= 0.6 is 0 Å². The number of amides is 1. The van der Waals surface area contributed by atoms with Crippen LogP contribution in [0.2, 0.25) is 0 Å². The van der Waals surface area contributed by atoms with Gasteiger partial charge in [-0.1, -0.05) is 12.8 Å². The lowest BCUT2D eigenvalue weighted by molar-refractivity contribution is -0.118. The first-order chi connectivity index (χ1) is 14.9. The van der Waals surface area contributed by atoms with Gasteiger partial charge in [0.2, 0.25) is 10.0 Å². The van der Waals surface area contributed by atoms with E-state index >= 15 is 0 Å². The highest BCUT2D eigenvalue weighted by Gasteiger charge is 2.22. The second-order valence-corrected chi connectivity index (χ2v) is 8.92. The minimum absolute atomic E-state index is 0.00372. The summed E-state index contributed by atoms with van der Waals surface area (Å²) < 4.78 is 37.9. The van der Waals surface area contributed by atoms with Crippen molar-refractivity contribution in [3.05, 3.63) is 54.1 Å². The molecule has 2 N–H and O–H groups in total. The summed E-state index contributed by atoms with van der Waals surface area (Å²) in [6.45, 7) is 1.77. The van der Waals surface area contributed by atoms with Crippen LogP contribution in [-0.4, -0.2) is 39.5 Å². The molecule has 1 aliphatic rings. The van der Waals surface area contributed by atoms with E-state index in [-0.39, 0.29) is 23.5 Å². The number of carbonyl (C=O) groups is 2. The van der Waals surface area contributed by atoms with Gasteiger partial charge in [0.1, 0.15) is 5.75 Å². The van der Waals surface area contributed by atoms with Crippen molar-refractivity contribution in [2.75, 3.05) is 18.5 Å². The van der Waals surface area contributed by atoms with Gasteiger partial charge in [0.05, 0.1) is 17.1 Å². The highest BCUT2D eigenvalue weighted by atomic mass is 32.2. The summed E-state index contributed by atoms with van der Waals surface area (Å²) in [7, 11) is -3.56. The van der Waals surface area contributed by atoms with Crippen molar-refractivity contribution in [1.29, 1.82) is 0 Å². The van der Waals surface area contributed by atoms with Crippen molar-refractivity contribution in [1.82, 2.24) is 4.72 Å². The monoisotopic (exact) mass is 446 g/mol. The summed E-state index contributed by atoms with van der Waals surface area (Å²) in [6.07, 6.45) is 3.80. The van der Waals surface area contributed by atoms with Crippen LogP contribution in [0.5, 0.6) is 5.75 Å². The molecule has 9 heteroatoms. The van der Waals surface area contributed by atoms with Crippen LogP contribution in [0.3, 0.4) is 0 Å². The fourth-order valence-corrected chi connectivity index (χ4v) is 4.60. The highest BCUT2D eigenvalue weighted by molar-refractivity contribution is 7.89. The molecular weight excluding hydrogens is 420 g/mol. The molecule has 0 radical (unpaired) electrons. The Hall–Kier alpha value is -2.91. The van der Waals surface area contributed by atoms with Crippen molar-refractivity contribution >= 4 is 27.6 Å². The minimum Gasteiger partial charge on any atom is -0.484 e. The fraction of sp³-hybridized carbons (Fsp3) is 0.364. The van der Waals surface area contributed by atoms with E-state index in [0.717, 1.165) is 25.7 Å². The molecule has 2 aromatic carbocycles. The van der Waals surface area contributed by atoms with Crippen molar-refractivity contribution < 1.29 is 27.5 Å². The molecule has 0 unspecified atom stereocenters. The molecule has 1 amide bonds. The van der Waals surface area contributed by atoms with Crippen molar-refractivity contribution in [3.63, 3.8) is 0 Å². The molecule has 1 aliphatic carbocycles. The number of anilines is 1. The minimum atomic E-state index is -3.56. The Morgan fingerprint density at radius 2 is 1.65 bits per heavy atom. The molecule has 0 spiro atoms. The third-order valence-corrected chi connectivity index (χ3v) is 6.40. The number of hydrogen-bond acceptors (Lipinski definition) is 6. The second kappa shape index (κ2) is 10.4. The average molecular weight is 447 g/mol. The maximum absolute atomic E-state index is 12.4. The summed E-state index contributed by atoms with van der Waals surface area (Å²) in [5.74, 6) is -0.427. The topological polar surface area (TPSA) is 111 Å². The second-order valence-electron chi connectivity index (χ2n) is 7.21. The van der Waals surface area contributed by atoms with Gasteiger partial charge in [0.25, 0.3) is 5.91 Å². The quantitative estimate of drug-likeness (QED) is 0.573. The lowest BCUT2D eigenvalue weighted by Gasteiger charge is -2.13. The largest absolute Gasteiger partial charge is 0.484 e. The van der Waals surface area contributed by atoms with Crippen LogP contribution in [0.15, 0.2) is 53.4 Å². The molecule has 0 aliphatic heterocycles. The number of nitrogens with one attached hydrogen (secondary N) is 2. The van der Waals surface area contributed by atoms with E-state index in [2.05, 4.69) is 10.0 Å². The van der Waals surface area contributed by atoms with E-state index in [0.29, 0.717) is 23.6 Å². The summed E-state index contributed by atoms with van der Waals surface area (Å²) in [5.41, 5.74) is 0.912. The first kappa shape index (κ1) is 22.8. The van der Waals surface area contributed by atoms with Gasteiger partial charge in [0, 0.05) is 11.7 Å². The summed E-state index contributed by atoms with van der Waals surface area (Å²) in [6, 6.07) is 12.3. The number of sulfonamides is 1. The summed E-state index contributed by atoms with van der Waals surface area (Å²) in [4.78, 5) is 23.9. The summed E-state index contributed by atoms with van der Waals surface area (Å²) in [5, 5.41) is 2.66. The third kappa shape index (κ3) is 6.53. The van der Waals surface area contributed by atoms with E-state index < -0.39 is 16.0 Å². The van der Waals surface area contributed by atoms with Crippen LogP contribution in [0, 0.1) is 0 Å². The number of ether oxygens (including phenoxy) is 2. The predicted octanol–water partition coefficient (Wildman–Crippen LogP) is 3.10. The zero-order valence-corrected chi connectivity index (χ0v) is 18.1. The number of carbonyl (C=O) groups excluding carboxylic acids is 2. The number of esters is 1. The maximum Gasteiger partial charge on any atom is 0.338 e. The Morgan fingerprint density at radius 3 is 2.26 bits per heavy atom. The molecule has 166 valence electrons. The molecule has 0 bridgehead atoms. The molecule has 0 heterocycles. The van der Waals surface area contributed by atoms with Crippen LogP contribution in [0.1, 0.15) is 43.0 Å². The Labute approximate surface area is 182 Å². The molecule has 0 saturated heterocycles. The van der Waals surface area contributed by atoms with E-state index in [1.807, 2.05) is 0 Å². The highest BCUT2D eigenvalue weighted by Crippen LogP contribution is 2.21. The third-order valence-electron chi connectivity index (χ3n) is 4.86. The predicted molar refractivity (Wildman–Crippen MR) is 116 cm³/mol. The van der Waals surface area contributed by atoms with Crippen LogP contribution < -0.4 is 14.8 Å². The normalized spacial score (nSPS) is 14.2. The smallest absolute Gasteiger partial charge is 0.338 e. The van der Waals surface area contributed by atoms with Crippen molar-refractivity contribution in [2.24, 2.45) is 0 Å². The molecule has 8 nitrogen and oxygen atoms in total. The Balaban J connectivity index is 1.49. The molecule has 1 fully saturated rings. The van der Waals surface area contributed by atoms with E-state index in [1.165, 1.54) is 24.3 Å². The van der Waals surface area contributed by atoms with Gasteiger partial charge in [-0.3, -0.25) is 4.79 Å². The maximum atomic E-state index is 12.4. The molecule has 31 heavy (non-hydrogen) atoms. The van der Waals surface area contributed by atoms with Gasteiger partial charge >= 0.3 is 5.97 Å². The SMILES string of the molecule is CCOC(=O)c1ccc(NC(=O)COc2ccc(S(=O)(=O)NC3CCCC3)cc2)cc1. The summed E-state index contributed by atoms with van der Waals surface area (Å²) >= 11 is 0. The zero-order valence-electron chi connectivity index (χ0n) is 17.3. The van der Waals surface area contributed by atoms with Gasteiger partial charge in [-0.25, -0.2) is 17.9 Å². The first-order valence-electron chi connectivity index (χ1n) is 10.2. The molecule has 2 aromatic rings. The van der Waals surface area contributed by atoms with Crippen LogP contribution in [0.25, 0.3) is 0 Å². The molecule has 1 saturated carbocycles. The Morgan fingerprint density at radius 1 is 1.00 bits per heavy atom. The number of hydrogen-bond donors (Lipinski definition) is 2. The van der Waals surface area contributed by atoms with E-state index in [1.54, 1.807) is 31.2 Å².